The molecule has 8 nitrogen and oxygen atoms in total. The zero-order chi connectivity index (χ0) is 24.5. The summed E-state index contributed by atoms with van der Waals surface area (Å²) in [6, 6.07) is 17.8. The third-order valence-corrected chi connectivity index (χ3v) is 5.12. The van der Waals surface area contributed by atoms with Crippen LogP contribution in [0.15, 0.2) is 76.3 Å². The monoisotopic (exact) mass is 543 g/mol. The minimum atomic E-state index is -0.563. The second-order valence-corrected chi connectivity index (χ2v) is 8.14. The highest BCUT2D eigenvalue weighted by Crippen LogP contribution is 2.23. The maximum atomic E-state index is 12.5. The largest absolute Gasteiger partial charge is 0.497 e. The first-order chi connectivity index (χ1) is 16.4. The molecule has 2 amide bonds. The van der Waals surface area contributed by atoms with Gasteiger partial charge in [-0.15, -0.1) is 0 Å². The number of hydrogen-bond donors (Lipinski definition) is 2. The average Bonchev–Trinajstić information content (AvgIpc) is 2.84. The number of carbonyl (C=O) groups is 3. The van der Waals surface area contributed by atoms with Crippen molar-refractivity contribution in [3.8, 4) is 11.5 Å². The van der Waals surface area contributed by atoms with Crippen LogP contribution in [0.25, 0.3) is 0 Å². The standard InChI is InChI=1S/C24H19BrClN3O5/c1-33-20-8-5-15(6-9-20)24(32)34-21-10-7-18(25)11-17(21)13-28-29-22(30)14-27-23(31)16-3-2-4-19(26)12-16/h2-13H,14H2,1H3,(H,27,31)(H,29,30). The van der Waals surface area contributed by atoms with Gasteiger partial charge in [-0.1, -0.05) is 33.6 Å². The fourth-order valence-corrected chi connectivity index (χ4v) is 3.27. The smallest absolute Gasteiger partial charge is 0.343 e. The summed E-state index contributed by atoms with van der Waals surface area (Å²) in [5.74, 6) is -0.684. The Labute approximate surface area is 209 Å². The molecule has 0 bridgehead atoms. The molecule has 0 saturated carbocycles. The van der Waals surface area contributed by atoms with Crippen molar-refractivity contribution in [2.75, 3.05) is 13.7 Å². The van der Waals surface area contributed by atoms with E-state index in [-0.39, 0.29) is 12.3 Å². The molecule has 3 aromatic rings. The van der Waals surface area contributed by atoms with Crippen molar-refractivity contribution in [2.24, 2.45) is 5.10 Å². The number of methoxy groups -OCH3 is 1. The number of nitrogens with zero attached hydrogens (tertiary/aromatic N) is 1. The fraction of sp³-hybridized carbons (Fsp3) is 0.0833. The molecular weight excluding hydrogens is 526 g/mol. The van der Waals surface area contributed by atoms with Crippen LogP contribution in [0.5, 0.6) is 11.5 Å². The van der Waals surface area contributed by atoms with Crippen LogP contribution in [0.2, 0.25) is 5.02 Å². The number of hydrazone groups is 1. The number of nitrogens with one attached hydrogen (secondary N) is 2. The van der Waals surface area contributed by atoms with Gasteiger partial charge < -0.3 is 14.8 Å². The van der Waals surface area contributed by atoms with E-state index < -0.39 is 17.8 Å². The molecular formula is C24H19BrClN3O5. The molecule has 34 heavy (non-hydrogen) atoms. The Bertz CT molecular complexity index is 1230. The van der Waals surface area contributed by atoms with Gasteiger partial charge in [0.2, 0.25) is 0 Å². The molecule has 0 spiro atoms. The van der Waals surface area contributed by atoms with Gasteiger partial charge in [0.25, 0.3) is 11.8 Å². The molecule has 10 heteroatoms. The maximum Gasteiger partial charge on any atom is 0.343 e. The van der Waals surface area contributed by atoms with Crippen molar-refractivity contribution in [1.29, 1.82) is 0 Å². The summed E-state index contributed by atoms with van der Waals surface area (Å²) in [6.45, 7) is -0.291. The molecule has 0 aliphatic heterocycles. The maximum absolute atomic E-state index is 12.5. The van der Waals surface area contributed by atoms with Crippen LogP contribution in [0.3, 0.4) is 0 Å². The molecule has 0 aromatic heterocycles. The zero-order valence-electron chi connectivity index (χ0n) is 17.9. The molecule has 0 radical (unpaired) electrons. The molecule has 0 fully saturated rings. The second-order valence-electron chi connectivity index (χ2n) is 6.79. The highest BCUT2D eigenvalue weighted by Gasteiger charge is 2.12. The quantitative estimate of drug-likeness (QED) is 0.191. The first-order valence-corrected chi connectivity index (χ1v) is 11.0. The lowest BCUT2D eigenvalue weighted by Crippen LogP contribution is -2.34. The number of hydrogen-bond acceptors (Lipinski definition) is 6. The molecule has 0 saturated heterocycles. The van der Waals surface area contributed by atoms with Crippen molar-refractivity contribution < 1.29 is 23.9 Å². The van der Waals surface area contributed by atoms with Gasteiger partial charge in [0, 0.05) is 20.6 Å². The Hall–Kier alpha value is -3.69. The minimum Gasteiger partial charge on any atom is -0.497 e. The van der Waals surface area contributed by atoms with E-state index in [4.69, 9.17) is 21.1 Å². The highest BCUT2D eigenvalue weighted by molar-refractivity contribution is 9.10. The lowest BCUT2D eigenvalue weighted by Gasteiger charge is -2.09. The molecule has 0 aliphatic carbocycles. The Morgan fingerprint density at radius 3 is 2.50 bits per heavy atom. The van der Waals surface area contributed by atoms with Crippen molar-refractivity contribution in [2.45, 2.75) is 0 Å². The summed E-state index contributed by atoms with van der Waals surface area (Å²) in [4.78, 5) is 36.6. The van der Waals surface area contributed by atoms with Crippen LogP contribution in [0.4, 0.5) is 0 Å². The average molecular weight is 545 g/mol. The van der Waals surface area contributed by atoms with E-state index in [1.165, 1.54) is 19.4 Å². The summed E-state index contributed by atoms with van der Waals surface area (Å²) in [6.07, 6.45) is 1.33. The predicted octanol–water partition coefficient (Wildman–Crippen LogP) is 4.21. The minimum absolute atomic E-state index is 0.247. The van der Waals surface area contributed by atoms with E-state index in [1.807, 2.05) is 0 Å². The SMILES string of the molecule is COc1ccc(C(=O)Oc2ccc(Br)cc2C=NNC(=O)CNC(=O)c2cccc(Cl)c2)cc1. The van der Waals surface area contributed by atoms with Crippen LogP contribution in [0, 0.1) is 0 Å². The number of rotatable bonds is 8. The topological polar surface area (TPSA) is 106 Å². The van der Waals surface area contributed by atoms with E-state index in [1.54, 1.807) is 60.7 Å². The van der Waals surface area contributed by atoms with Crippen molar-refractivity contribution in [3.63, 3.8) is 0 Å². The summed E-state index contributed by atoms with van der Waals surface area (Å²) >= 11 is 9.21. The van der Waals surface area contributed by atoms with E-state index in [2.05, 4.69) is 31.8 Å². The second kappa shape index (κ2) is 12.0. The molecule has 3 aromatic carbocycles. The van der Waals surface area contributed by atoms with Crippen LogP contribution < -0.4 is 20.2 Å². The Kier molecular flexibility index (Phi) is 8.78. The van der Waals surface area contributed by atoms with Crippen LogP contribution in [0.1, 0.15) is 26.3 Å². The van der Waals surface area contributed by atoms with Crippen LogP contribution in [-0.4, -0.2) is 37.7 Å². The fourth-order valence-electron chi connectivity index (χ4n) is 2.70. The molecule has 0 unspecified atom stereocenters. The number of halogens is 2. The number of amides is 2. The Balaban J connectivity index is 1.59. The molecule has 0 aliphatic rings. The van der Waals surface area contributed by atoms with Gasteiger partial charge in [0.05, 0.1) is 25.4 Å². The predicted molar refractivity (Wildman–Crippen MR) is 132 cm³/mol. The number of esters is 1. The lowest BCUT2D eigenvalue weighted by atomic mass is 10.2. The summed E-state index contributed by atoms with van der Waals surface area (Å²) < 4.78 is 11.3. The summed E-state index contributed by atoms with van der Waals surface area (Å²) in [7, 11) is 1.53. The van der Waals surface area contributed by atoms with Gasteiger partial charge in [-0.25, -0.2) is 10.2 Å². The van der Waals surface area contributed by atoms with Crippen LogP contribution in [-0.2, 0) is 4.79 Å². The zero-order valence-corrected chi connectivity index (χ0v) is 20.2. The van der Waals surface area contributed by atoms with Crippen LogP contribution >= 0.6 is 27.5 Å². The first kappa shape index (κ1) is 24.9. The van der Waals surface area contributed by atoms with E-state index in [0.717, 1.165) is 4.47 Å². The first-order valence-electron chi connectivity index (χ1n) is 9.87. The molecule has 2 N–H and O–H groups in total. The number of ether oxygens (including phenoxy) is 2. The van der Waals surface area contributed by atoms with E-state index in [0.29, 0.717) is 27.5 Å². The number of benzene rings is 3. The molecule has 0 heterocycles. The molecule has 174 valence electrons. The normalized spacial score (nSPS) is 10.6. The van der Waals surface area contributed by atoms with Gasteiger partial charge in [-0.3, -0.25) is 9.59 Å². The summed E-state index contributed by atoms with van der Waals surface area (Å²) in [5, 5.41) is 6.78. The highest BCUT2D eigenvalue weighted by atomic mass is 79.9. The summed E-state index contributed by atoms with van der Waals surface area (Å²) in [5.41, 5.74) is 3.44. The van der Waals surface area contributed by atoms with Crippen molar-refractivity contribution in [3.05, 3.63) is 92.9 Å². The third-order valence-electron chi connectivity index (χ3n) is 4.39. The van der Waals surface area contributed by atoms with E-state index in [9.17, 15) is 14.4 Å². The van der Waals surface area contributed by atoms with Crippen molar-refractivity contribution >= 4 is 51.5 Å². The lowest BCUT2D eigenvalue weighted by molar-refractivity contribution is -0.120. The number of carbonyl (C=O) groups excluding carboxylic acids is 3. The Morgan fingerprint density at radius 2 is 1.79 bits per heavy atom. The van der Waals surface area contributed by atoms with Gasteiger partial charge in [-0.05, 0) is 60.7 Å². The van der Waals surface area contributed by atoms with Crippen molar-refractivity contribution in [1.82, 2.24) is 10.7 Å². The molecule has 0 atom stereocenters. The van der Waals surface area contributed by atoms with Gasteiger partial charge in [0.15, 0.2) is 0 Å². The molecule has 3 rings (SSSR count). The van der Waals surface area contributed by atoms with Gasteiger partial charge >= 0.3 is 5.97 Å². The van der Waals surface area contributed by atoms with Gasteiger partial charge in [-0.2, -0.15) is 5.10 Å². The third kappa shape index (κ3) is 7.16. The Morgan fingerprint density at radius 1 is 1.03 bits per heavy atom. The van der Waals surface area contributed by atoms with Gasteiger partial charge in [0.1, 0.15) is 11.5 Å². The van der Waals surface area contributed by atoms with E-state index >= 15 is 0 Å².